The zero-order valence-corrected chi connectivity index (χ0v) is 22.0. The molecule has 2 heterocycles. The lowest BCUT2D eigenvalue weighted by molar-refractivity contribution is -0.116. The summed E-state index contributed by atoms with van der Waals surface area (Å²) in [4.78, 5) is 17.7. The topological polar surface area (TPSA) is 102 Å². The number of rotatable bonds is 9. The number of aromatic nitrogens is 4. The van der Waals surface area contributed by atoms with Gasteiger partial charge in [-0.1, -0.05) is 13.8 Å². The summed E-state index contributed by atoms with van der Waals surface area (Å²) >= 11 is 0. The number of anilines is 1. The average molecular weight is 489 g/mol. The fraction of sp³-hybridized carbons (Fsp3) is 0.542. The van der Waals surface area contributed by atoms with E-state index < -0.39 is 10.0 Å². The van der Waals surface area contributed by atoms with Crippen molar-refractivity contribution in [2.75, 3.05) is 18.4 Å². The van der Waals surface area contributed by atoms with Crippen LogP contribution in [-0.4, -0.2) is 51.1 Å². The summed E-state index contributed by atoms with van der Waals surface area (Å²) in [5.74, 6) is 1.31. The van der Waals surface area contributed by atoms with Gasteiger partial charge in [-0.2, -0.15) is 9.40 Å². The van der Waals surface area contributed by atoms with Gasteiger partial charge in [-0.05, 0) is 52.8 Å². The summed E-state index contributed by atoms with van der Waals surface area (Å²) in [6, 6.07) is 6.93. The van der Waals surface area contributed by atoms with E-state index in [1.807, 2.05) is 63.8 Å². The van der Waals surface area contributed by atoms with E-state index in [9.17, 15) is 13.2 Å². The molecule has 0 unspecified atom stereocenters. The number of amides is 1. The molecule has 9 nitrogen and oxygen atoms in total. The van der Waals surface area contributed by atoms with Crippen LogP contribution in [0.3, 0.4) is 0 Å². The second-order valence-electron chi connectivity index (χ2n) is 9.31. The Hall–Kier alpha value is -2.72. The van der Waals surface area contributed by atoms with E-state index >= 15 is 0 Å². The maximum Gasteiger partial charge on any atom is 0.243 e. The van der Waals surface area contributed by atoms with Crippen molar-refractivity contribution in [1.29, 1.82) is 0 Å². The highest BCUT2D eigenvalue weighted by Crippen LogP contribution is 2.24. The third kappa shape index (κ3) is 5.17. The van der Waals surface area contributed by atoms with Crippen LogP contribution in [0.2, 0.25) is 0 Å². The molecule has 186 valence electrons. The van der Waals surface area contributed by atoms with E-state index in [0.717, 1.165) is 17.0 Å². The van der Waals surface area contributed by atoms with Crippen LogP contribution in [-0.2, 0) is 33.3 Å². The Labute approximate surface area is 202 Å². The molecule has 0 bridgehead atoms. The molecule has 10 heteroatoms. The van der Waals surface area contributed by atoms with Crippen LogP contribution < -0.4 is 5.32 Å². The Kier molecular flexibility index (Phi) is 7.52. The number of carbonyl (C=O) groups excluding carboxylic acids is 1. The van der Waals surface area contributed by atoms with Gasteiger partial charge in [-0.3, -0.25) is 4.79 Å². The first kappa shape index (κ1) is 25.9. The van der Waals surface area contributed by atoms with Gasteiger partial charge in [0, 0.05) is 38.5 Å². The molecule has 0 aliphatic heterocycles. The van der Waals surface area contributed by atoms with Crippen LogP contribution in [0, 0.1) is 6.92 Å². The molecular formula is C24H36N6O3S. The van der Waals surface area contributed by atoms with Crippen molar-refractivity contribution in [2.45, 2.75) is 78.3 Å². The molecule has 0 spiro atoms. The molecule has 34 heavy (non-hydrogen) atoms. The van der Waals surface area contributed by atoms with Crippen molar-refractivity contribution in [1.82, 2.24) is 23.6 Å². The number of hydrogen-bond acceptors (Lipinski definition) is 5. The normalized spacial score (nSPS) is 12.6. The van der Waals surface area contributed by atoms with Crippen LogP contribution >= 0.6 is 0 Å². The Balaban J connectivity index is 1.82. The largest absolute Gasteiger partial charge is 0.328 e. The molecule has 0 aliphatic carbocycles. The van der Waals surface area contributed by atoms with E-state index in [2.05, 4.69) is 10.4 Å². The Morgan fingerprint density at radius 1 is 1.12 bits per heavy atom. The number of carbonyl (C=O) groups is 1. The van der Waals surface area contributed by atoms with E-state index in [1.54, 1.807) is 18.2 Å². The molecule has 1 N–H and O–H groups in total. The highest BCUT2D eigenvalue weighted by atomic mass is 32.2. The van der Waals surface area contributed by atoms with Crippen molar-refractivity contribution in [3.05, 3.63) is 35.8 Å². The number of nitrogens with one attached hydrogen (secondary N) is 1. The molecule has 0 aliphatic rings. The van der Waals surface area contributed by atoms with Gasteiger partial charge in [0.05, 0.1) is 27.2 Å². The quantitative estimate of drug-likeness (QED) is 0.492. The monoisotopic (exact) mass is 488 g/mol. The molecule has 0 radical (unpaired) electrons. The third-order valence-corrected chi connectivity index (χ3v) is 7.81. The Morgan fingerprint density at radius 2 is 1.79 bits per heavy atom. The van der Waals surface area contributed by atoms with Crippen LogP contribution in [0.5, 0.6) is 0 Å². The fourth-order valence-electron chi connectivity index (χ4n) is 4.11. The number of fused-ring (bicyclic) bond motifs is 1. The Bertz CT molecular complexity index is 1280. The van der Waals surface area contributed by atoms with Gasteiger partial charge < -0.3 is 9.88 Å². The number of nitrogens with zero attached hydrogens (tertiary/aromatic N) is 5. The lowest BCUT2D eigenvalue weighted by atomic mass is 10.1. The van der Waals surface area contributed by atoms with Gasteiger partial charge in [-0.15, -0.1) is 0 Å². The molecule has 3 rings (SSSR count). The molecule has 0 saturated carbocycles. The van der Waals surface area contributed by atoms with Gasteiger partial charge in [0.15, 0.2) is 0 Å². The van der Waals surface area contributed by atoms with Crippen LogP contribution in [0.25, 0.3) is 11.0 Å². The first-order chi connectivity index (χ1) is 15.9. The third-order valence-electron chi connectivity index (χ3n) is 5.77. The standard InChI is InChI=1S/C24H36N6O3S/c1-8-28(9-2)34(32,33)18-11-12-20-19(16-18)25-21(29(20)10-3)13-14-23(31)26-22-15-17(4)27-30(22)24(5,6)7/h11-12,15-16H,8-10,13-14H2,1-7H3,(H,26,31). The minimum Gasteiger partial charge on any atom is -0.328 e. The van der Waals surface area contributed by atoms with E-state index in [4.69, 9.17) is 4.98 Å². The predicted molar refractivity (Wildman–Crippen MR) is 134 cm³/mol. The summed E-state index contributed by atoms with van der Waals surface area (Å²) in [7, 11) is -3.57. The number of imidazole rings is 1. The van der Waals surface area contributed by atoms with E-state index in [1.165, 1.54) is 4.31 Å². The van der Waals surface area contributed by atoms with Crippen LogP contribution in [0.1, 0.15) is 59.5 Å². The first-order valence-corrected chi connectivity index (χ1v) is 13.2. The lowest BCUT2D eigenvalue weighted by Gasteiger charge is -2.22. The van der Waals surface area contributed by atoms with Crippen LogP contribution in [0.15, 0.2) is 29.2 Å². The van der Waals surface area contributed by atoms with Crippen LogP contribution in [0.4, 0.5) is 5.82 Å². The van der Waals surface area contributed by atoms with Crippen molar-refractivity contribution in [3.63, 3.8) is 0 Å². The number of benzene rings is 1. The summed E-state index contributed by atoms with van der Waals surface area (Å²) in [6.45, 7) is 15.2. The molecule has 1 aromatic carbocycles. The van der Waals surface area contributed by atoms with Crippen molar-refractivity contribution in [3.8, 4) is 0 Å². The summed E-state index contributed by atoms with van der Waals surface area (Å²) in [5.41, 5.74) is 2.06. The fourth-order valence-corrected chi connectivity index (χ4v) is 5.59. The zero-order valence-electron chi connectivity index (χ0n) is 21.2. The highest BCUT2D eigenvalue weighted by molar-refractivity contribution is 7.89. The zero-order chi connectivity index (χ0) is 25.3. The van der Waals surface area contributed by atoms with E-state index in [-0.39, 0.29) is 22.8 Å². The van der Waals surface area contributed by atoms with Gasteiger partial charge >= 0.3 is 0 Å². The average Bonchev–Trinajstić information content (AvgIpc) is 3.31. The highest BCUT2D eigenvalue weighted by Gasteiger charge is 2.23. The van der Waals surface area contributed by atoms with Gasteiger partial charge in [0.2, 0.25) is 15.9 Å². The van der Waals surface area contributed by atoms with Crippen molar-refractivity contribution < 1.29 is 13.2 Å². The van der Waals surface area contributed by atoms with E-state index in [0.29, 0.717) is 37.4 Å². The van der Waals surface area contributed by atoms with Crippen molar-refractivity contribution >= 4 is 32.8 Å². The SMILES string of the molecule is CCN(CC)S(=O)(=O)c1ccc2c(c1)nc(CCC(=O)Nc1cc(C)nn1C(C)(C)C)n2CC. The van der Waals surface area contributed by atoms with Gasteiger partial charge in [0.25, 0.3) is 0 Å². The summed E-state index contributed by atoms with van der Waals surface area (Å²) < 4.78 is 31.1. The molecule has 0 atom stereocenters. The van der Waals surface area contributed by atoms with Crippen molar-refractivity contribution in [2.24, 2.45) is 0 Å². The summed E-state index contributed by atoms with van der Waals surface area (Å²) in [6.07, 6.45) is 0.692. The second-order valence-corrected chi connectivity index (χ2v) is 11.3. The molecule has 1 amide bonds. The Morgan fingerprint density at radius 3 is 2.38 bits per heavy atom. The molecule has 0 saturated heterocycles. The van der Waals surface area contributed by atoms with Gasteiger partial charge in [0.1, 0.15) is 11.6 Å². The maximum atomic E-state index is 12.9. The van der Waals surface area contributed by atoms with Gasteiger partial charge in [-0.25, -0.2) is 18.1 Å². The minimum absolute atomic E-state index is 0.120. The maximum absolute atomic E-state index is 12.9. The first-order valence-electron chi connectivity index (χ1n) is 11.8. The molecule has 3 aromatic rings. The second kappa shape index (κ2) is 9.87. The minimum atomic E-state index is -3.57. The smallest absolute Gasteiger partial charge is 0.243 e. The number of sulfonamides is 1. The lowest BCUT2D eigenvalue weighted by Crippen LogP contribution is -2.30. The summed E-state index contributed by atoms with van der Waals surface area (Å²) in [5, 5.41) is 7.47. The molecule has 2 aromatic heterocycles. The number of aryl methyl sites for hydroxylation is 3. The number of hydrogen-bond donors (Lipinski definition) is 1. The molecular weight excluding hydrogens is 452 g/mol. The predicted octanol–water partition coefficient (Wildman–Crippen LogP) is 3.92. The molecule has 0 fully saturated rings.